The monoisotopic (exact) mass is 549 g/mol. The van der Waals surface area contributed by atoms with Crippen LogP contribution >= 0.6 is 0 Å². The standard InChI is InChI=1S/C29H35N5O4S/c1-39(37,38,34-18-2-3-19-34)23-14-12-22(13-15-23)31-28-32-25-7-4-6-24(25)26(33-28)30-21-10-8-20(9-11-21)29(27(35)36)16-5-17-29/h8-15H,2-7,16-19H2,1H3,(H,35,36)(H,37,38)(H2,30,31,32,33). The topological polar surface area (TPSA) is 128 Å². The largest absolute Gasteiger partial charge is 0.481 e. The maximum Gasteiger partial charge on any atom is 0.314 e. The average Bonchev–Trinajstić information content (AvgIpc) is 3.58. The first kappa shape index (κ1) is 25.9. The third-order valence-electron chi connectivity index (χ3n) is 8.58. The average molecular weight is 550 g/mol. The van der Waals surface area contributed by atoms with Crippen molar-refractivity contribution < 1.29 is 18.7 Å². The predicted octanol–water partition coefficient (Wildman–Crippen LogP) is 5.25. The second-order valence-corrected chi connectivity index (χ2v) is 14.6. The summed E-state index contributed by atoms with van der Waals surface area (Å²) < 4.78 is 26.3. The van der Waals surface area contributed by atoms with Crippen LogP contribution in [0.3, 0.4) is 0 Å². The van der Waals surface area contributed by atoms with Crippen molar-refractivity contribution in [2.24, 2.45) is 0 Å². The highest BCUT2D eigenvalue weighted by molar-refractivity contribution is 8.12. The molecule has 206 valence electrons. The van der Waals surface area contributed by atoms with Crippen molar-refractivity contribution in [3.63, 3.8) is 0 Å². The predicted molar refractivity (Wildman–Crippen MR) is 152 cm³/mol. The van der Waals surface area contributed by atoms with Gasteiger partial charge < -0.3 is 15.7 Å². The molecule has 0 radical (unpaired) electrons. The third-order valence-corrected chi connectivity index (χ3v) is 11.5. The highest BCUT2D eigenvalue weighted by Crippen LogP contribution is 2.44. The smallest absolute Gasteiger partial charge is 0.314 e. The summed E-state index contributed by atoms with van der Waals surface area (Å²) in [4.78, 5) is 21.8. The summed E-state index contributed by atoms with van der Waals surface area (Å²) in [7, 11) is -4.07. The van der Waals surface area contributed by atoms with Gasteiger partial charge in [0, 0.05) is 36.3 Å². The Morgan fingerprint density at radius 2 is 1.54 bits per heavy atom. The van der Waals surface area contributed by atoms with Crippen LogP contribution in [0.1, 0.15) is 55.3 Å². The highest BCUT2D eigenvalue weighted by Gasteiger charge is 2.45. The van der Waals surface area contributed by atoms with Crippen molar-refractivity contribution >= 4 is 38.6 Å². The van der Waals surface area contributed by atoms with E-state index in [9.17, 15) is 18.7 Å². The summed E-state index contributed by atoms with van der Waals surface area (Å²) in [6, 6.07) is 14.6. The van der Waals surface area contributed by atoms with E-state index in [0.717, 1.165) is 72.5 Å². The quantitative estimate of drug-likeness (QED) is 0.300. The van der Waals surface area contributed by atoms with E-state index in [1.54, 1.807) is 28.6 Å². The molecule has 3 aromatic rings. The third kappa shape index (κ3) is 4.60. The minimum Gasteiger partial charge on any atom is -0.481 e. The van der Waals surface area contributed by atoms with Crippen LogP contribution < -0.4 is 10.6 Å². The second-order valence-electron chi connectivity index (χ2n) is 11.1. The van der Waals surface area contributed by atoms with Crippen LogP contribution in [0.5, 0.6) is 0 Å². The molecule has 0 amide bonds. The Morgan fingerprint density at radius 3 is 2.15 bits per heavy atom. The number of nitrogens with one attached hydrogen (secondary N) is 2. The van der Waals surface area contributed by atoms with Gasteiger partial charge in [-0.05, 0) is 86.9 Å². The fourth-order valence-corrected chi connectivity index (χ4v) is 8.18. The van der Waals surface area contributed by atoms with Crippen LogP contribution in [-0.4, -0.2) is 53.5 Å². The molecule has 9 nitrogen and oxygen atoms in total. The number of aromatic nitrogens is 2. The maximum atomic E-state index is 13.5. The van der Waals surface area contributed by atoms with Gasteiger partial charge in [-0.25, -0.2) is 9.29 Å². The molecular formula is C29H35N5O4S. The summed E-state index contributed by atoms with van der Waals surface area (Å²) in [6.45, 7) is 1.25. The molecule has 39 heavy (non-hydrogen) atoms. The van der Waals surface area contributed by atoms with Crippen LogP contribution in [-0.2, 0) is 32.6 Å². The fraction of sp³-hybridized carbons (Fsp3) is 0.414. The lowest BCUT2D eigenvalue weighted by Crippen LogP contribution is -2.47. The number of aryl methyl sites for hydroxylation is 1. The minimum atomic E-state index is -4.07. The Bertz CT molecular complexity index is 1470. The van der Waals surface area contributed by atoms with Gasteiger partial charge in [-0.3, -0.25) is 9.35 Å². The molecule has 1 saturated carbocycles. The molecule has 2 aromatic carbocycles. The molecule has 4 N–H and O–H groups in total. The number of carboxylic acid groups (broad SMARTS) is 1. The van der Waals surface area contributed by atoms with Crippen molar-refractivity contribution in [2.75, 3.05) is 30.0 Å². The van der Waals surface area contributed by atoms with E-state index in [1.165, 1.54) is 6.26 Å². The van der Waals surface area contributed by atoms with Crippen molar-refractivity contribution in [3.05, 3.63) is 65.4 Å². The number of hydrogen-bond acceptors (Lipinski definition) is 6. The lowest BCUT2D eigenvalue weighted by atomic mass is 9.64. The van der Waals surface area contributed by atoms with E-state index in [4.69, 9.17) is 9.97 Å². The van der Waals surface area contributed by atoms with Crippen LogP contribution in [0.4, 0.5) is 23.1 Å². The number of anilines is 4. The van der Waals surface area contributed by atoms with E-state index < -0.39 is 20.9 Å². The Kier molecular flexibility index (Phi) is 6.24. The Labute approximate surface area is 228 Å². The number of nitrogens with zero attached hydrogens (tertiary/aromatic N) is 3. The van der Waals surface area contributed by atoms with Crippen molar-refractivity contribution in [1.82, 2.24) is 14.3 Å². The second kappa shape index (κ2) is 9.39. The van der Waals surface area contributed by atoms with Crippen LogP contribution in [0.25, 0.3) is 0 Å². The molecule has 0 spiro atoms. The summed E-state index contributed by atoms with van der Waals surface area (Å²) in [5.74, 6) is 0.445. The first-order valence-electron chi connectivity index (χ1n) is 13.7. The molecule has 0 bridgehead atoms. The maximum absolute atomic E-state index is 13.5. The molecule has 1 aromatic heterocycles. The van der Waals surface area contributed by atoms with E-state index in [0.29, 0.717) is 36.8 Å². The minimum absolute atomic E-state index is 0.409. The Morgan fingerprint density at radius 1 is 0.897 bits per heavy atom. The number of aliphatic carboxylic acids is 1. The number of fused-ring (bicyclic) bond motifs is 1. The van der Waals surface area contributed by atoms with Gasteiger partial charge in [0.1, 0.15) is 5.82 Å². The molecule has 1 aliphatic heterocycles. The van der Waals surface area contributed by atoms with Crippen LogP contribution in [0, 0.1) is 0 Å². The normalized spacial score (nSPS) is 19.5. The van der Waals surface area contributed by atoms with Crippen molar-refractivity contribution in [1.29, 1.82) is 0 Å². The molecule has 2 fully saturated rings. The van der Waals surface area contributed by atoms with E-state index in [-0.39, 0.29) is 0 Å². The fourth-order valence-electron chi connectivity index (χ4n) is 6.01. The summed E-state index contributed by atoms with van der Waals surface area (Å²) >= 11 is 0. The Hall–Kier alpha value is -3.34. The number of rotatable bonds is 8. The van der Waals surface area contributed by atoms with Crippen LogP contribution in [0.15, 0.2) is 53.4 Å². The molecule has 1 saturated heterocycles. The van der Waals surface area contributed by atoms with Gasteiger partial charge in [-0.1, -0.05) is 18.6 Å². The molecule has 10 heteroatoms. The zero-order chi connectivity index (χ0) is 27.3. The summed E-state index contributed by atoms with van der Waals surface area (Å²) in [5, 5.41) is 16.4. The van der Waals surface area contributed by atoms with E-state index in [1.807, 2.05) is 24.3 Å². The molecule has 3 aliphatic rings. The first-order valence-corrected chi connectivity index (χ1v) is 15.9. The lowest BCUT2D eigenvalue weighted by molar-refractivity contribution is -0.147. The number of hydrogen-bond donors (Lipinski definition) is 4. The molecule has 0 unspecified atom stereocenters. The van der Waals surface area contributed by atoms with Gasteiger partial charge in [0.05, 0.1) is 16.0 Å². The SMILES string of the molecule is CS(=O)(O)(c1ccc(Nc2nc3c(c(Nc4ccc(C5(C(=O)O)CCC5)cc4)n2)CCC3)cc1)N1CCCC1. The molecule has 2 aliphatic carbocycles. The zero-order valence-electron chi connectivity index (χ0n) is 22.2. The summed E-state index contributed by atoms with van der Waals surface area (Å²) in [6.07, 6.45) is 8.38. The van der Waals surface area contributed by atoms with Gasteiger partial charge in [0.2, 0.25) is 5.95 Å². The lowest BCUT2D eigenvalue weighted by Gasteiger charge is -2.47. The Balaban J connectivity index is 1.22. The van der Waals surface area contributed by atoms with Crippen LogP contribution in [0.2, 0.25) is 0 Å². The van der Waals surface area contributed by atoms with E-state index in [2.05, 4.69) is 10.6 Å². The molecule has 2 heterocycles. The number of benzene rings is 2. The number of carboxylic acids is 1. The first-order chi connectivity index (χ1) is 18.6. The van der Waals surface area contributed by atoms with Gasteiger partial charge in [-0.15, -0.1) is 9.53 Å². The van der Waals surface area contributed by atoms with Gasteiger partial charge >= 0.3 is 5.97 Å². The summed E-state index contributed by atoms with van der Waals surface area (Å²) in [5.41, 5.74) is 3.77. The van der Waals surface area contributed by atoms with Crippen molar-refractivity contribution in [2.45, 2.75) is 61.7 Å². The highest BCUT2D eigenvalue weighted by atomic mass is 32.3. The molecule has 0 atom stereocenters. The molecule has 6 rings (SSSR count). The van der Waals surface area contributed by atoms with Crippen molar-refractivity contribution in [3.8, 4) is 0 Å². The molecular weight excluding hydrogens is 514 g/mol. The van der Waals surface area contributed by atoms with Gasteiger partial charge in [0.25, 0.3) is 0 Å². The van der Waals surface area contributed by atoms with Gasteiger partial charge in [-0.2, -0.15) is 9.19 Å². The zero-order valence-corrected chi connectivity index (χ0v) is 23.0. The number of carbonyl (C=O) groups is 1. The van der Waals surface area contributed by atoms with Gasteiger partial charge in [0.15, 0.2) is 0 Å². The van der Waals surface area contributed by atoms with E-state index >= 15 is 0 Å².